The number of carbonyl (C=O) groups is 3. The standard InChI is InChI=1S/C18H16BrClN2O3/c1-8-12(5-4-11(19)16(8)20)21-13(23)7-22-17(24)14-9-2-3-10(6-9)15(14)18(22)25/h2-5,9-10,14-15H,6-7H2,1H3,(H,21,23). The molecule has 1 heterocycles. The number of hydrogen-bond donors (Lipinski definition) is 1. The van der Waals surface area contributed by atoms with Crippen molar-refractivity contribution in [1.82, 2.24) is 4.90 Å². The Kier molecular flexibility index (Phi) is 4.00. The number of benzene rings is 1. The van der Waals surface area contributed by atoms with Gasteiger partial charge in [0, 0.05) is 10.2 Å². The Balaban J connectivity index is 1.48. The zero-order valence-electron chi connectivity index (χ0n) is 13.5. The molecule has 1 saturated carbocycles. The predicted octanol–water partition coefficient (Wildman–Crippen LogP) is 3.16. The molecule has 1 aromatic carbocycles. The van der Waals surface area contributed by atoms with Gasteiger partial charge in [0.05, 0.1) is 16.9 Å². The molecule has 3 aliphatic rings. The SMILES string of the molecule is Cc1c(NC(=O)CN2C(=O)C3C4C=CC(C4)C3C2=O)ccc(Br)c1Cl. The van der Waals surface area contributed by atoms with Crippen molar-refractivity contribution in [2.75, 3.05) is 11.9 Å². The molecule has 2 aliphatic carbocycles. The summed E-state index contributed by atoms with van der Waals surface area (Å²) in [6.45, 7) is 1.54. The van der Waals surface area contributed by atoms with Crippen molar-refractivity contribution in [2.45, 2.75) is 13.3 Å². The van der Waals surface area contributed by atoms with E-state index in [1.54, 1.807) is 19.1 Å². The third kappa shape index (κ3) is 2.54. The lowest BCUT2D eigenvalue weighted by molar-refractivity contribution is -0.143. The van der Waals surface area contributed by atoms with E-state index in [-0.39, 0.29) is 42.0 Å². The maximum atomic E-state index is 12.6. The molecule has 25 heavy (non-hydrogen) atoms. The summed E-state index contributed by atoms with van der Waals surface area (Å²) in [5.74, 6) is -1.10. The van der Waals surface area contributed by atoms with E-state index in [1.807, 2.05) is 12.2 Å². The molecule has 4 atom stereocenters. The van der Waals surface area contributed by atoms with Crippen molar-refractivity contribution < 1.29 is 14.4 Å². The topological polar surface area (TPSA) is 66.5 Å². The second-order valence-corrected chi connectivity index (χ2v) is 8.08. The Labute approximate surface area is 158 Å². The number of rotatable bonds is 3. The summed E-state index contributed by atoms with van der Waals surface area (Å²) in [5.41, 5.74) is 1.29. The highest BCUT2D eigenvalue weighted by Crippen LogP contribution is 2.52. The summed E-state index contributed by atoms with van der Waals surface area (Å²) in [5, 5.41) is 3.26. The first-order valence-electron chi connectivity index (χ1n) is 8.16. The molecule has 4 unspecified atom stereocenters. The van der Waals surface area contributed by atoms with Crippen LogP contribution in [0.3, 0.4) is 0 Å². The first-order chi connectivity index (χ1) is 11.9. The Morgan fingerprint density at radius 2 is 1.84 bits per heavy atom. The van der Waals surface area contributed by atoms with E-state index in [2.05, 4.69) is 21.2 Å². The Hall–Kier alpha value is -1.66. The lowest BCUT2D eigenvalue weighted by Gasteiger charge is -2.17. The van der Waals surface area contributed by atoms with E-state index < -0.39 is 5.91 Å². The molecule has 0 radical (unpaired) electrons. The number of halogens is 2. The number of likely N-dealkylation sites (tertiary alicyclic amines) is 1. The van der Waals surface area contributed by atoms with Crippen LogP contribution >= 0.6 is 27.5 Å². The summed E-state index contributed by atoms with van der Waals surface area (Å²) in [6.07, 6.45) is 4.95. The number of anilines is 1. The van der Waals surface area contributed by atoms with Crippen molar-refractivity contribution in [2.24, 2.45) is 23.7 Å². The molecule has 1 saturated heterocycles. The van der Waals surface area contributed by atoms with Crippen molar-refractivity contribution in [1.29, 1.82) is 0 Å². The third-order valence-corrected chi connectivity index (χ3v) is 6.85. The fraction of sp³-hybridized carbons (Fsp3) is 0.389. The summed E-state index contributed by atoms with van der Waals surface area (Å²) in [7, 11) is 0. The molecular weight excluding hydrogens is 408 g/mol. The summed E-state index contributed by atoms with van der Waals surface area (Å²) in [6, 6.07) is 3.47. The summed E-state index contributed by atoms with van der Waals surface area (Å²) in [4.78, 5) is 38.7. The number of amides is 3. The number of fused-ring (bicyclic) bond motifs is 5. The van der Waals surface area contributed by atoms with Gasteiger partial charge in [-0.15, -0.1) is 0 Å². The minimum Gasteiger partial charge on any atom is -0.324 e. The van der Waals surface area contributed by atoms with Crippen LogP contribution in [0.25, 0.3) is 0 Å². The Morgan fingerprint density at radius 3 is 2.44 bits per heavy atom. The Morgan fingerprint density at radius 1 is 1.24 bits per heavy atom. The van der Waals surface area contributed by atoms with Crippen LogP contribution in [-0.2, 0) is 14.4 Å². The van der Waals surface area contributed by atoms with Gasteiger partial charge in [-0.3, -0.25) is 19.3 Å². The van der Waals surface area contributed by atoms with Gasteiger partial charge in [0.25, 0.3) is 0 Å². The van der Waals surface area contributed by atoms with Gasteiger partial charge in [-0.05, 0) is 58.8 Å². The first-order valence-corrected chi connectivity index (χ1v) is 9.33. The van der Waals surface area contributed by atoms with Crippen LogP contribution in [0.1, 0.15) is 12.0 Å². The zero-order valence-corrected chi connectivity index (χ0v) is 15.8. The molecule has 7 heteroatoms. The normalized spacial score (nSPS) is 29.5. The highest BCUT2D eigenvalue weighted by atomic mass is 79.9. The van der Waals surface area contributed by atoms with E-state index in [0.717, 1.165) is 21.4 Å². The molecule has 2 fully saturated rings. The quantitative estimate of drug-likeness (QED) is 0.600. The third-order valence-electron chi connectivity index (χ3n) is 5.48. The van der Waals surface area contributed by atoms with Gasteiger partial charge in [0.1, 0.15) is 6.54 Å². The summed E-state index contributed by atoms with van der Waals surface area (Å²) < 4.78 is 0.741. The maximum absolute atomic E-state index is 12.6. The molecule has 0 aromatic heterocycles. The highest BCUT2D eigenvalue weighted by molar-refractivity contribution is 9.10. The molecule has 2 bridgehead atoms. The van der Waals surface area contributed by atoms with E-state index in [9.17, 15) is 14.4 Å². The van der Waals surface area contributed by atoms with Gasteiger partial charge in [0.15, 0.2) is 0 Å². The van der Waals surface area contributed by atoms with Crippen LogP contribution in [0.4, 0.5) is 5.69 Å². The van der Waals surface area contributed by atoms with E-state index in [4.69, 9.17) is 11.6 Å². The number of imide groups is 1. The van der Waals surface area contributed by atoms with Crippen LogP contribution in [0, 0.1) is 30.6 Å². The lowest BCUT2D eigenvalue weighted by atomic mass is 9.85. The number of nitrogens with zero attached hydrogens (tertiary/aromatic N) is 1. The van der Waals surface area contributed by atoms with Gasteiger partial charge >= 0.3 is 0 Å². The molecule has 4 rings (SSSR count). The van der Waals surface area contributed by atoms with Crippen molar-refractivity contribution in [3.05, 3.63) is 39.3 Å². The minimum atomic E-state index is -0.400. The van der Waals surface area contributed by atoms with Gasteiger partial charge in [-0.2, -0.15) is 0 Å². The van der Waals surface area contributed by atoms with E-state index in [1.165, 1.54) is 0 Å². The fourth-order valence-electron chi connectivity index (χ4n) is 4.24. The monoisotopic (exact) mass is 422 g/mol. The first kappa shape index (κ1) is 16.8. The lowest BCUT2D eigenvalue weighted by Crippen LogP contribution is -2.39. The average molecular weight is 424 g/mol. The van der Waals surface area contributed by atoms with Crippen molar-refractivity contribution in [3.8, 4) is 0 Å². The number of allylic oxidation sites excluding steroid dienone is 2. The number of carbonyl (C=O) groups excluding carboxylic acids is 3. The molecular formula is C18H16BrClN2O3. The molecule has 1 aromatic rings. The van der Waals surface area contributed by atoms with Crippen LogP contribution < -0.4 is 5.32 Å². The van der Waals surface area contributed by atoms with E-state index in [0.29, 0.717) is 10.7 Å². The maximum Gasteiger partial charge on any atom is 0.244 e. The molecule has 1 N–H and O–H groups in total. The smallest absolute Gasteiger partial charge is 0.244 e. The Bertz CT molecular complexity index is 808. The molecule has 130 valence electrons. The predicted molar refractivity (Wildman–Crippen MR) is 97.0 cm³/mol. The number of hydrogen-bond acceptors (Lipinski definition) is 3. The van der Waals surface area contributed by atoms with Gasteiger partial charge in [-0.25, -0.2) is 0 Å². The van der Waals surface area contributed by atoms with Gasteiger partial charge in [0.2, 0.25) is 17.7 Å². The second-order valence-electron chi connectivity index (χ2n) is 6.84. The second kappa shape index (κ2) is 5.95. The van der Waals surface area contributed by atoms with Crippen LogP contribution in [0.5, 0.6) is 0 Å². The fourth-order valence-corrected chi connectivity index (χ4v) is 4.84. The van der Waals surface area contributed by atoms with Crippen LogP contribution in [0.2, 0.25) is 5.02 Å². The van der Waals surface area contributed by atoms with Crippen LogP contribution in [0.15, 0.2) is 28.8 Å². The largest absolute Gasteiger partial charge is 0.324 e. The van der Waals surface area contributed by atoms with Crippen molar-refractivity contribution in [3.63, 3.8) is 0 Å². The van der Waals surface area contributed by atoms with Gasteiger partial charge < -0.3 is 5.32 Å². The summed E-state index contributed by atoms with van der Waals surface area (Å²) >= 11 is 9.49. The highest BCUT2D eigenvalue weighted by Gasteiger charge is 2.59. The van der Waals surface area contributed by atoms with E-state index >= 15 is 0 Å². The van der Waals surface area contributed by atoms with Gasteiger partial charge in [-0.1, -0.05) is 23.8 Å². The zero-order chi connectivity index (χ0) is 17.9. The average Bonchev–Trinajstić information content (AvgIpc) is 3.25. The minimum absolute atomic E-state index is 0.145. The number of nitrogens with one attached hydrogen (secondary N) is 1. The van der Waals surface area contributed by atoms with Crippen LogP contribution in [-0.4, -0.2) is 29.2 Å². The van der Waals surface area contributed by atoms with Crippen molar-refractivity contribution >= 4 is 50.9 Å². The molecule has 1 aliphatic heterocycles. The molecule has 3 amide bonds. The molecule has 5 nitrogen and oxygen atoms in total. The molecule has 0 spiro atoms.